The first kappa shape index (κ1) is 13.2. The summed E-state index contributed by atoms with van der Waals surface area (Å²) in [7, 11) is 0. The summed E-state index contributed by atoms with van der Waals surface area (Å²) in [4.78, 5) is 1.03. The topological polar surface area (TPSA) is 78.9 Å². The van der Waals surface area contributed by atoms with Crippen LogP contribution in [0.15, 0.2) is 28.3 Å². The molecule has 1 aliphatic rings. The van der Waals surface area contributed by atoms with Crippen molar-refractivity contribution in [1.29, 1.82) is 0 Å². The molecule has 1 heterocycles. The quantitative estimate of drug-likeness (QED) is 0.824. The van der Waals surface area contributed by atoms with Gasteiger partial charge in [0.15, 0.2) is 0 Å². The fraction of sp³-hybridized carbons (Fsp3) is 0.462. The number of nitrogens with zero attached hydrogens (tertiary/aromatic N) is 4. The Balaban J connectivity index is 1.78. The number of anilines is 1. The van der Waals surface area contributed by atoms with Crippen molar-refractivity contribution in [3.05, 3.63) is 18.2 Å². The van der Waals surface area contributed by atoms with Gasteiger partial charge in [0, 0.05) is 4.90 Å². The minimum absolute atomic E-state index is 0.470. The molecule has 1 aromatic heterocycles. The summed E-state index contributed by atoms with van der Waals surface area (Å²) in [5, 5.41) is 12.7. The van der Waals surface area contributed by atoms with E-state index in [0.29, 0.717) is 18.3 Å². The van der Waals surface area contributed by atoms with Crippen molar-refractivity contribution in [1.82, 2.24) is 20.2 Å². The largest absolute Gasteiger partial charge is 0.491 e. The highest BCUT2D eigenvalue weighted by atomic mass is 32.2. The summed E-state index contributed by atoms with van der Waals surface area (Å²) in [6, 6.07) is 6.24. The molecule has 0 bridgehead atoms. The van der Waals surface area contributed by atoms with Crippen molar-refractivity contribution >= 4 is 17.4 Å². The lowest BCUT2D eigenvalue weighted by Crippen LogP contribution is -2.00. The summed E-state index contributed by atoms with van der Waals surface area (Å²) in [5.74, 6) is 0.724. The number of rotatable bonds is 6. The first-order valence-corrected chi connectivity index (χ1v) is 7.57. The highest BCUT2D eigenvalue weighted by molar-refractivity contribution is 7.99. The van der Waals surface area contributed by atoms with E-state index >= 15 is 0 Å². The molecule has 3 rings (SSSR count). The van der Waals surface area contributed by atoms with Gasteiger partial charge in [0.2, 0.25) is 5.16 Å². The minimum Gasteiger partial charge on any atom is -0.491 e. The molecule has 0 amide bonds. The van der Waals surface area contributed by atoms with E-state index in [0.717, 1.165) is 35.1 Å². The maximum atomic E-state index is 5.91. The third-order valence-electron chi connectivity index (χ3n) is 3.01. The Kier molecular flexibility index (Phi) is 3.77. The third-order valence-corrected chi connectivity index (χ3v) is 3.95. The molecule has 2 N–H and O–H groups in total. The monoisotopic (exact) mass is 291 g/mol. The molecule has 0 spiro atoms. The van der Waals surface area contributed by atoms with E-state index in [4.69, 9.17) is 10.5 Å². The van der Waals surface area contributed by atoms with Crippen LogP contribution in [-0.4, -0.2) is 26.8 Å². The maximum Gasteiger partial charge on any atom is 0.214 e. The van der Waals surface area contributed by atoms with E-state index in [1.54, 1.807) is 0 Å². The highest BCUT2D eigenvalue weighted by Gasteiger charge is 2.28. The lowest BCUT2D eigenvalue weighted by Gasteiger charge is -2.09. The van der Waals surface area contributed by atoms with Gasteiger partial charge in [0.1, 0.15) is 5.75 Å². The number of nitrogens with two attached hydrogens (primary N) is 1. The van der Waals surface area contributed by atoms with E-state index < -0.39 is 0 Å². The molecular formula is C13H17N5OS. The SMILES string of the molecule is CCCOc1cc(Sc2nnnn2C2CC2)ccc1N. The van der Waals surface area contributed by atoms with Crippen molar-refractivity contribution in [3.8, 4) is 5.75 Å². The van der Waals surface area contributed by atoms with Gasteiger partial charge in [-0.1, -0.05) is 6.92 Å². The fourth-order valence-electron chi connectivity index (χ4n) is 1.82. The molecule has 1 saturated carbocycles. The third kappa shape index (κ3) is 2.87. The molecule has 0 unspecified atom stereocenters. The zero-order chi connectivity index (χ0) is 13.9. The van der Waals surface area contributed by atoms with Crippen molar-refractivity contribution < 1.29 is 4.74 Å². The van der Waals surface area contributed by atoms with Crippen LogP contribution in [0.4, 0.5) is 5.69 Å². The Morgan fingerprint density at radius 1 is 1.45 bits per heavy atom. The molecular weight excluding hydrogens is 274 g/mol. The van der Waals surface area contributed by atoms with Gasteiger partial charge in [-0.25, -0.2) is 4.68 Å². The zero-order valence-electron chi connectivity index (χ0n) is 11.3. The first-order valence-electron chi connectivity index (χ1n) is 6.76. The van der Waals surface area contributed by atoms with Crippen LogP contribution in [0.1, 0.15) is 32.2 Å². The predicted octanol–water partition coefficient (Wildman–Crippen LogP) is 2.53. The van der Waals surface area contributed by atoms with Gasteiger partial charge < -0.3 is 10.5 Å². The van der Waals surface area contributed by atoms with Crippen LogP contribution in [0.5, 0.6) is 5.75 Å². The molecule has 1 aliphatic carbocycles. The van der Waals surface area contributed by atoms with Gasteiger partial charge in [0.25, 0.3) is 0 Å². The smallest absolute Gasteiger partial charge is 0.214 e. The van der Waals surface area contributed by atoms with Gasteiger partial charge in [0.05, 0.1) is 18.3 Å². The Morgan fingerprint density at radius 3 is 3.05 bits per heavy atom. The number of aromatic nitrogens is 4. The summed E-state index contributed by atoms with van der Waals surface area (Å²) < 4.78 is 7.54. The van der Waals surface area contributed by atoms with Gasteiger partial charge in [-0.3, -0.25) is 0 Å². The molecule has 106 valence electrons. The summed E-state index contributed by atoms with van der Waals surface area (Å²) in [6.45, 7) is 2.73. The number of nitrogen functional groups attached to an aromatic ring is 1. The number of hydrogen-bond donors (Lipinski definition) is 1. The Bertz CT molecular complexity index is 596. The lowest BCUT2D eigenvalue weighted by atomic mass is 10.3. The van der Waals surface area contributed by atoms with E-state index in [1.807, 2.05) is 22.9 Å². The van der Waals surface area contributed by atoms with Crippen LogP contribution in [-0.2, 0) is 0 Å². The van der Waals surface area contributed by atoms with Crippen LogP contribution < -0.4 is 10.5 Å². The minimum atomic E-state index is 0.470. The maximum absolute atomic E-state index is 5.91. The normalized spacial score (nSPS) is 14.4. The van der Waals surface area contributed by atoms with Crippen molar-refractivity contribution in [2.45, 2.75) is 42.3 Å². The van der Waals surface area contributed by atoms with Gasteiger partial charge in [-0.05, 0) is 59.7 Å². The van der Waals surface area contributed by atoms with Crippen LogP contribution in [0.25, 0.3) is 0 Å². The first-order chi connectivity index (χ1) is 9.78. The van der Waals surface area contributed by atoms with Crippen LogP contribution in [0.3, 0.4) is 0 Å². The van der Waals surface area contributed by atoms with Crippen molar-refractivity contribution in [3.63, 3.8) is 0 Å². The number of benzene rings is 1. The highest BCUT2D eigenvalue weighted by Crippen LogP contribution is 2.39. The molecule has 0 atom stereocenters. The van der Waals surface area contributed by atoms with Crippen LogP contribution in [0.2, 0.25) is 0 Å². The summed E-state index contributed by atoms with van der Waals surface area (Å²) in [6.07, 6.45) is 3.27. The van der Waals surface area contributed by atoms with Gasteiger partial charge in [-0.2, -0.15) is 0 Å². The molecule has 0 aliphatic heterocycles. The zero-order valence-corrected chi connectivity index (χ0v) is 12.1. The predicted molar refractivity (Wildman–Crippen MR) is 76.9 cm³/mol. The van der Waals surface area contributed by atoms with E-state index in [2.05, 4.69) is 22.4 Å². The number of hydrogen-bond acceptors (Lipinski definition) is 6. The second-order valence-electron chi connectivity index (χ2n) is 4.79. The molecule has 2 aromatic rings. The van der Waals surface area contributed by atoms with Gasteiger partial charge in [-0.15, -0.1) is 5.10 Å². The summed E-state index contributed by atoms with van der Waals surface area (Å²) in [5.41, 5.74) is 6.57. The lowest BCUT2D eigenvalue weighted by molar-refractivity contribution is 0.318. The van der Waals surface area contributed by atoms with Crippen molar-refractivity contribution in [2.24, 2.45) is 0 Å². The second kappa shape index (κ2) is 5.70. The van der Waals surface area contributed by atoms with Crippen LogP contribution in [0, 0.1) is 0 Å². The molecule has 1 fully saturated rings. The molecule has 7 heteroatoms. The van der Waals surface area contributed by atoms with E-state index in [-0.39, 0.29) is 0 Å². The van der Waals surface area contributed by atoms with Gasteiger partial charge >= 0.3 is 0 Å². The Morgan fingerprint density at radius 2 is 2.30 bits per heavy atom. The standard InChI is InChI=1S/C13H17N5OS/c1-2-7-19-12-8-10(5-6-11(12)14)20-13-15-16-17-18(13)9-3-4-9/h5-6,8-9H,2-4,7,14H2,1H3. The summed E-state index contributed by atoms with van der Waals surface area (Å²) >= 11 is 1.54. The van der Waals surface area contributed by atoms with Crippen molar-refractivity contribution in [2.75, 3.05) is 12.3 Å². The Hall–Kier alpha value is -1.76. The second-order valence-corrected chi connectivity index (χ2v) is 5.83. The average Bonchev–Trinajstić information content (AvgIpc) is 3.20. The number of ether oxygens (including phenoxy) is 1. The fourth-order valence-corrected chi connectivity index (χ4v) is 2.69. The van der Waals surface area contributed by atoms with Crippen LogP contribution >= 0.6 is 11.8 Å². The molecule has 1 aromatic carbocycles. The average molecular weight is 291 g/mol. The van der Waals surface area contributed by atoms with E-state index in [1.165, 1.54) is 11.8 Å². The van der Waals surface area contributed by atoms with E-state index in [9.17, 15) is 0 Å². The molecule has 6 nitrogen and oxygen atoms in total. The molecule has 0 saturated heterocycles. The number of tetrazole rings is 1. The molecule has 0 radical (unpaired) electrons. The Labute approximate surface area is 121 Å². The molecule has 20 heavy (non-hydrogen) atoms.